The first kappa shape index (κ1) is 26.9. The second kappa shape index (κ2) is 14.8. The van der Waals surface area contributed by atoms with Gasteiger partial charge in [-0.1, -0.05) is 45.9 Å². The SMILES string of the molecule is CC.CC.COc1ccc(C(C)=O)cc1.COc1ccc2cc(C(C)=O)ccc2c1. The molecule has 0 fully saturated rings. The third-order valence-corrected chi connectivity index (χ3v) is 3.95. The highest BCUT2D eigenvalue weighted by Crippen LogP contribution is 2.21. The summed E-state index contributed by atoms with van der Waals surface area (Å²) >= 11 is 0. The maximum Gasteiger partial charge on any atom is 0.159 e. The van der Waals surface area contributed by atoms with Crippen LogP contribution in [0.2, 0.25) is 0 Å². The maximum atomic E-state index is 11.2. The Morgan fingerprint density at radius 2 is 0.967 bits per heavy atom. The number of ketones is 2. The Balaban J connectivity index is 0.000000498. The molecule has 4 nitrogen and oxygen atoms in total. The lowest BCUT2D eigenvalue weighted by Crippen LogP contribution is -1.91. The minimum Gasteiger partial charge on any atom is -0.497 e. The molecule has 0 aromatic heterocycles. The van der Waals surface area contributed by atoms with Crippen LogP contribution in [-0.2, 0) is 0 Å². The van der Waals surface area contributed by atoms with Gasteiger partial charge in [0.1, 0.15) is 11.5 Å². The molecule has 0 N–H and O–H groups in total. The standard InChI is InChI=1S/C13H12O2.C9H10O2.2C2H6/c1-9(14)10-3-4-12-8-13(15-2)6-5-11(12)7-10;1-7(10)8-3-5-9(11-2)6-4-8;2*1-2/h3-8H,1-2H3;3-6H,1-2H3;2*1-2H3. The number of carbonyl (C=O) groups is 2. The highest BCUT2D eigenvalue weighted by atomic mass is 16.5. The predicted molar refractivity (Wildman–Crippen MR) is 126 cm³/mol. The minimum atomic E-state index is 0.0765. The minimum absolute atomic E-state index is 0.0765. The van der Waals surface area contributed by atoms with Gasteiger partial charge in [0, 0.05) is 11.1 Å². The normalized spacial score (nSPS) is 8.93. The molecule has 0 aliphatic rings. The number of Topliss-reactive ketones (excluding diaryl/α,β-unsaturated/α-hetero) is 2. The molecule has 30 heavy (non-hydrogen) atoms. The van der Waals surface area contributed by atoms with E-state index in [-0.39, 0.29) is 11.6 Å². The highest BCUT2D eigenvalue weighted by Gasteiger charge is 2.01. The van der Waals surface area contributed by atoms with Gasteiger partial charge in [0.05, 0.1) is 14.2 Å². The summed E-state index contributed by atoms with van der Waals surface area (Å²) in [7, 11) is 3.24. The van der Waals surface area contributed by atoms with Crippen molar-refractivity contribution in [2.45, 2.75) is 41.5 Å². The summed E-state index contributed by atoms with van der Waals surface area (Å²) in [6.07, 6.45) is 0. The van der Waals surface area contributed by atoms with Crippen molar-refractivity contribution < 1.29 is 19.1 Å². The van der Waals surface area contributed by atoms with Gasteiger partial charge >= 0.3 is 0 Å². The average Bonchev–Trinajstić information content (AvgIpc) is 2.81. The average molecular weight is 411 g/mol. The zero-order valence-corrected chi connectivity index (χ0v) is 19.4. The van der Waals surface area contributed by atoms with Gasteiger partial charge < -0.3 is 9.47 Å². The van der Waals surface area contributed by atoms with E-state index in [1.54, 1.807) is 52.3 Å². The predicted octanol–water partition coefficient (Wildman–Crippen LogP) is 7.00. The van der Waals surface area contributed by atoms with Crippen molar-refractivity contribution in [2.75, 3.05) is 14.2 Å². The third kappa shape index (κ3) is 8.48. The summed E-state index contributed by atoms with van der Waals surface area (Å²) in [5, 5.41) is 2.14. The smallest absolute Gasteiger partial charge is 0.159 e. The van der Waals surface area contributed by atoms with E-state index in [9.17, 15) is 9.59 Å². The molecule has 3 aromatic rings. The van der Waals surface area contributed by atoms with Crippen molar-refractivity contribution in [3.8, 4) is 11.5 Å². The largest absolute Gasteiger partial charge is 0.497 e. The van der Waals surface area contributed by atoms with Crippen LogP contribution < -0.4 is 9.47 Å². The van der Waals surface area contributed by atoms with Gasteiger partial charge in [-0.2, -0.15) is 0 Å². The molecule has 0 amide bonds. The fourth-order valence-electron chi connectivity index (χ4n) is 2.40. The summed E-state index contributed by atoms with van der Waals surface area (Å²) in [5.41, 5.74) is 1.46. The van der Waals surface area contributed by atoms with Crippen LogP contribution in [0, 0.1) is 0 Å². The van der Waals surface area contributed by atoms with Crippen LogP contribution in [0.1, 0.15) is 62.3 Å². The second-order valence-electron chi connectivity index (χ2n) is 5.77. The molecule has 3 aromatic carbocycles. The Morgan fingerprint density at radius 3 is 1.43 bits per heavy atom. The van der Waals surface area contributed by atoms with Crippen molar-refractivity contribution in [1.29, 1.82) is 0 Å². The molecule has 0 saturated carbocycles. The molecular formula is C26H34O4. The van der Waals surface area contributed by atoms with E-state index in [4.69, 9.17) is 9.47 Å². The summed E-state index contributed by atoms with van der Waals surface area (Å²) in [6, 6.07) is 18.5. The van der Waals surface area contributed by atoms with Gasteiger partial charge in [0.25, 0.3) is 0 Å². The lowest BCUT2D eigenvalue weighted by atomic mass is 10.0. The number of rotatable bonds is 4. The molecule has 0 atom stereocenters. The van der Waals surface area contributed by atoms with Crippen LogP contribution in [0.3, 0.4) is 0 Å². The number of carbonyl (C=O) groups excluding carboxylic acids is 2. The first-order chi connectivity index (χ1) is 14.4. The second-order valence-corrected chi connectivity index (χ2v) is 5.77. The molecule has 3 rings (SSSR count). The van der Waals surface area contributed by atoms with Crippen LogP contribution in [0.5, 0.6) is 11.5 Å². The van der Waals surface area contributed by atoms with Crippen LogP contribution >= 0.6 is 0 Å². The topological polar surface area (TPSA) is 52.6 Å². The Morgan fingerprint density at radius 1 is 0.567 bits per heavy atom. The summed E-state index contributed by atoms with van der Waals surface area (Å²) in [5.74, 6) is 1.77. The molecule has 162 valence electrons. The van der Waals surface area contributed by atoms with Crippen molar-refractivity contribution in [1.82, 2.24) is 0 Å². The monoisotopic (exact) mass is 410 g/mol. The number of hydrogen-bond donors (Lipinski definition) is 0. The first-order valence-electron chi connectivity index (χ1n) is 10.2. The van der Waals surface area contributed by atoms with E-state index in [0.717, 1.165) is 27.8 Å². The Labute approximate surface area is 180 Å². The molecular weight excluding hydrogens is 376 g/mol. The molecule has 0 unspecified atom stereocenters. The molecule has 4 heteroatoms. The summed E-state index contributed by atoms with van der Waals surface area (Å²) in [6.45, 7) is 11.1. The van der Waals surface area contributed by atoms with Crippen molar-refractivity contribution in [2.24, 2.45) is 0 Å². The van der Waals surface area contributed by atoms with Crippen LogP contribution in [0.15, 0.2) is 60.7 Å². The highest BCUT2D eigenvalue weighted by molar-refractivity contribution is 5.98. The lowest BCUT2D eigenvalue weighted by Gasteiger charge is -2.03. The quantitative estimate of drug-likeness (QED) is 0.434. The van der Waals surface area contributed by atoms with E-state index in [1.807, 2.05) is 64.1 Å². The van der Waals surface area contributed by atoms with Crippen LogP contribution in [-0.4, -0.2) is 25.8 Å². The van der Waals surface area contributed by atoms with Gasteiger partial charge in [-0.15, -0.1) is 0 Å². The fraction of sp³-hybridized carbons (Fsp3) is 0.308. The zero-order valence-electron chi connectivity index (χ0n) is 19.4. The summed E-state index contributed by atoms with van der Waals surface area (Å²) in [4.78, 5) is 22.0. The van der Waals surface area contributed by atoms with Crippen molar-refractivity contribution >= 4 is 22.3 Å². The molecule has 0 aliphatic carbocycles. The zero-order chi connectivity index (χ0) is 23.1. The molecule has 0 aliphatic heterocycles. The van der Waals surface area contributed by atoms with Gasteiger partial charge in [-0.25, -0.2) is 0 Å². The van der Waals surface area contributed by atoms with Gasteiger partial charge in [-0.05, 0) is 67.1 Å². The molecule has 0 saturated heterocycles. The van der Waals surface area contributed by atoms with Crippen LogP contribution in [0.4, 0.5) is 0 Å². The fourth-order valence-corrected chi connectivity index (χ4v) is 2.40. The molecule has 0 heterocycles. The van der Waals surface area contributed by atoms with E-state index in [1.165, 1.54) is 0 Å². The van der Waals surface area contributed by atoms with Gasteiger partial charge in [0.15, 0.2) is 11.6 Å². The number of ether oxygens (including phenoxy) is 2. The lowest BCUT2D eigenvalue weighted by molar-refractivity contribution is 0.100. The number of benzene rings is 3. The molecule has 0 radical (unpaired) electrons. The van der Waals surface area contributed by atoms with Crippen LogP contribution in [0.25, 0.3) is 10.8 Å². The summed E-state index contributed by atoms with van der Waals surface area (Å²) < 4.78 is 10.1. The Bertz CT molecular complexity index is 912. The van der Waals surface area contributed by atoms with E-state index >= 15 is 0 Å². The maximum absolute atomic E-state index is 11.2. The van der Waals surface area contributed by atoms with Gasteiger partial charge in [0.2, 0.25) is 0 Å². The van der Waals surface area contributed by atoms with E-state index in [2.05, 4.69) is 0 Å². The number of fused-ring (bicyclic) bond motifs is 1. The van der Waals surface area contributed by atoms with E-state index < -0.39 is 0 Å². The Kier molecular flexibility index (Phi) is 13.3. The van der Waals surface area contributed by atoms with E-state index in [0.29, 0.717) is 5.56 Å². The molecule has 0 spiro atoms. The first-order valence-corrected chi connectivity index (χ1v) is 10.2. The number of hydrogen-bond acceptors (Lipinski definition) is 4. The van der Waals surface area contributed by atoms with Gasteiger partial charge in [-0.3, -0.25) is 9.59 Å². The number of methoxy groups -OCH3 is 2. The molecule has 0 bridgehead atoms. The van der Waals surface area contributed by atoms with Crippen molar-refractivity contribution in [3.63, 3.8) is 0 Å². The third-order valence-electron chi connectivity index (χ3n) is 3.95. The van der Waals surface area contributed by atoms with Crippen molar-refractivity contribution in [3.05, 3.63) is 71.8 Å². The Hall–Kier alpha value is -3.14.